The van der Waals surface area contributed by atoms with Crippen LogP contribution >= 0.6 is 0 Å². The third-order valence-electron chi connectivity index (χ3n) is 3.19. The van der Waals surface area contributed by atoms with E-state index in [9.17, 15) is 10.1 Å². The van der Waals surface area contributed by atoms with Crippen molar-refractivity contribution in [1.82, 2.24) is 4.98 Å². The molecular weight excluding hydrogens is 268 g/mol. The summed E-state index contributed by atoms with van der Waals surface area (Å²) in [5.74, 6) is 0.659. The van der Waals surface area contributed by atoms with Crippen LogP contribution in [0.15, 0.2) is 36.5 Å². The van der Waals surface area contributed by atoms with Gasteiger partial charge in [-0.2, -0.15) is 0 Å². The Bertz CT molecular complexity index is 626. The van der Waals surface area contributed by atoms with Gasteiger partial charge < -0.3 is 11.1 Å². The molecule has 110 valence electrons. The monoisotopic (exact) mass is 286 g/mol. The van der Waals surface area contributed by atoms with E-state index in [0.717, 1.165) is 17.5 Å². The summed E-state index contributed by atoms with van der Waals surface area (Å²) in [7, 11) is 0. The third-order valence-corrected chi connectivity index (χ3v) is 3.19. The van der Waals surface area contributed by atoms with Gasteiger partial charge in [-0.25, -0.2) is 4.98 Å². The van der Waals surface area contributed by atoms with E-state index in [1.165, 1.54) is 17.8 Å². The summed E-state index contributed by atoms with van der Waals surface area (Å²) >= 11 is 0. The van der Waals surface area contributed by atoms with Crippen LogP contribution in [0.4, 0.5) is 11.5 Å². The fraction of sp³-hybridized carbons (Fsp3) is 0.267. The Labute approximate surface area is 123 Å². The molecule has 21 heavy (non-hydrogen) atoms. The van der Waals surface area contributed by atoms with Gasteiger partial charge in [0.2, 0.25) is 0 Å². The van der Waals surface area contributed by atoms with Gasteiger partial charge in [-0.1, -0.05) is 24.3 Å². The van der Waals surface area contributed by atoms with Crippen molar-refractivity contribution in [2.75, 3.05) is 11.9 Å². The molecule has 1 aromatic carbocycles. The Balaban J connectivity index is 2.01. The molecule has 0 aliphatic heterocycles. The van der Waals surface area contributed by atoms with E-state index in [-0.39, 0.29) is 5.69 Å². The molecule has 2 rings (SSSR count). The number of nitrogens with zero attached hydrogens (tertiary/aromatic N) is 2. The zero-order valence-corrected chi connectivity index (χ0v) is 11.9. The minimum absolute atomic E-state index is 0.00388. The minimum atomic E-state index is -0.444. The van der Waals surface area contributed by atoms with Crippen molar-refractivity contribution in [3.8, 4) is 0 Å². The Kier molecular flexibility index (Phi) is 4.84. The van der Waals surface area contributed by atoms with Crippen LogP contribution in [0.2, 0.25) is 0 Å². The van der Waals surface area contributed by atoms with Crippen molar-refractivity contribution < 1.29 is 4.92 Å². The van der Waals surface area contributed by atoms with E-state index in [1.807, 2.05) is 12.1 Å². The smallest absolute Gasteiger partial charge is 0.287 e. The van der Waals surface area contributed by atoms with Crippen LogP contribution in [-0.2, 0) is 13.0 Å². The van der Waals surface area contributed by atoms with Gasteiger partial charge in [0.1, 0.15) is 12.0 Å². The molecule has 6 heteroatoms. The second kappa shape index (κ2) is 6.81. The highest BCUT2D eigenvalue weighted by atomic mass is 16.6. The summed E-state index contributed by atoms with van der Waals surface area (Å²) < 4.78 is 0. The maximum absolute atomic E-state index is 10.7. The summed E-state index contributed by atoms with van der Waals surface area (Å²) in [6.07, 6.45) is 2.14. The normalized spacial score (nSPS) is 10.4. The predicted octanol–water partition coefficient (Wildman–Crippen LogP) is 2.41. The maximum Gasteiger partial charge on any atom is 0.287 e. The first-order valence-corrected chi connectivity index (χ1v) is 6.73. The van der Waals surface area contributed by atoms with Crippen molar-refractivity contribution in [2.24, 2.45) is 5.73 Å². The number of aryl methyl sites for hydroxylation is 1. The topological polar surface area (TPSA) is 94.1 Å². The number of benzene rings is 1. The van der Waals surface area contributed by atoms with Crippen molar-refractivity contribution in [2.45, 2.75) is 19.9 Å². The lowest BCUT2D eigenvalue weighted by atomic mass is 10.1. The van der Waals surface area contributed by atoms with E-state index >= 15 is 0 Å². The molecule has 0 saturated heterocycles. The maximum atomic E-state index is 10.7. The first-order chi connectivity index (χ1) is 10.1. The van der Waals surface area contributed by atoms with Crippen LogP contribution in [0.1, 0.15) is 16.7 Å². The Morgan fingerprint density at radius 1 is 1.29 bits per heavy atom. The third kappa shape index (κ3) is 4.00. The molecule has 2 aromatic rings. The first-order valence-electron chi connectivity index (χ1n) is 6.73. The molecule has 0 aliphatic rings. The van der Waals surface area contributed by atoms with Gasteiger partial charge in [0, 0.05) is 12.6 Å². The quantitative estimate of drug-likeness (QED) is 0.628. The van der Waals surface area contributed by atoms with E-state index < -0.39 is 4.92 Å². The molecule has 1 heterocycles. The van der Waals surface area contributed by atoms with Gasteiger partial charge in [0.15, 0.2) is 0 Å². The number of rotatable bonds is 6. The molecule has 0 fully saturated rings. The molecule has 0 atom stereocenters. The Morgan fingerprint density at radius 2 is 1.95 bits per heavy atom. The van der Waals surface area contributed by atoms with E-state index in [2.05, 4.69) is 22.4 Å². The SMILES string of the molecule is Cc1cc([N+](=O)[O-])cnc1NCc1ccc(CCN)cc1. The second-order valence-corrected chi connectivity index (χ2v) is 4.82. The summed E-state index contributed by atoms with van der Waals surface area (Å²) in [6, 6.07) is 9.71. The molecule has 0 unspecified atom stereocenters. The van der Waals surface area contributed by atoms with Gasteiger partial charge >= 0.3 is 0 Å². The van der Waals surface area contributed by atoms with Crippen LogP contribution in [0.5, 0.6) is 0 Å². The van der Waals surface area contributed by atoms with Crippen molar-refractivity contribution >= 4 is 11.5 Å². The molecule has 0 aliphatic carbocycles. The minimum Gasteiger partial charge on any atom is -0.366 e. The molecule has 0 amide bonds. The highest BCUT2D eigenvalue weighted by molar-refractivity contribution is 5.48. The van der Waals surface area contributed by atoms with Gasteiger partial charge in [0.05, 0.1) is 4.92 Å². The van der Waals surface area contributed by atoms with Gasteiger partial charge in [0.25, 0.3) is 5.69 Å². The highest BCUT2D eigenvalue weighted by Gasteiger charge is 2.09. The fourth-order valence-electron chi connectivity index (χ4n) is 2.02. The van der Waals surface area contributed by atoms with Crippen LogP contribution in [-0.4, -0.2) is 16.5 Å². The number of hydrogen-bond donors (Lipinski definition) is 2. The predicted molar refractivity (Wildman–Crippen MR) is 82.2 cm³/mol. The second-order valence-electron chi connectivity index (χ2n) is 4.82. The van der Waals surface area contributed by atoms with Crippen LogP contribution in [0, 0.1) is 17.0 Å². The number of aromatic nitrogens is 1. The number of anilines is 1. The Hall–Kier alpha value is -2.47. The van der Waals surface area contributed by atoms with E-state index in [0.29, 0.717) is 18.9 Å². The van der Waals surface area contributed by atoms with Gasteiger partial charge in [-0.3, -0.25) is 10.1 Å². The zero-order chi connectivity index (χ0) is 15.2. The number of pyridine rings is 1. The number of nitrogens with one attached hydrogen (secondary N) is 1. The number of nitrogens with two attached hydrogens (primary N) is 1. The standard InChI is InChI=1S/C15H18N4O2/c1-11-8-14(19(20)21)10-18-15(11)17-9-13-4-2-12(3-5-13)6-7-16/h2-5,8,10H,6-7,9,16H2,1H3,(H,17,18). The lowest BCUT2D eigenvalue weighted by Gasteiger charge is -2.09. The van der Waals surface area contributed by atoms with Crippen molar-refractivity contribution in [1.29, 1.82) is 0 Å². The molecule has 6 nitrogen and oxygen atoms in total. The molecule has 0 radical (unpaired) electrons. The number of nitro groups is 1. The zero-order valence-electron chi connectivity index (χ0n) is 11.9. The molecule has 0 bridgehead atoms. The summed E-state index contributed by atoms with van der Waals surface area (Å²) in [4.78, 5) is 14.3. The molecule has 3 N–H and O–H groups in total. The van der Waals surface area contributed by atoms with Crippen LogP contribution in [0.25, 0.3) is 0 Å². The summed E-state index contributed by atoms with van der Waals surface area (Å²) in [5.41, 5.74) is 8.61. The van der Waals surface area contributed by atoms with E-state index in [4.69, 9.17) is 5.73 Å². The average Bonchev–Trinajstić information content (AvgIpc) is 2.47. The summed E-state index contributed by atoms with van der Waals surface area (Å²) in [5, 5.41) is 13.9. The van der Waals surface area contributed by atoms with Crippen LogP contribution < -0.4 is 11.1 Å². The van der Waals surface area contributed by atoms with Crippen molar-refractivity contribution in [3.63, 3.8) is 0 Å². The van der Waals surface area contributed by atoms with Gasteiger partial charge in [-0.05, 0) is 36.6 Å². The van der Waals surface area contributed by atoms with E-state index in [1.54, 1.807) is 6.92 Å². The lowest BCUT2D eigenvalue weighted by Crippen LogP contribution is -2.05. The average molecular weight is 286 g/mol. The molecule has 0 saturated carbocycles. The molecule has 1 aromatic heterocycles. The molecule has 0 spiro atoms. The van der Waals surface area contributed by atoms with Gasteiger partial charge in [-0.15, -0.1) is 0 Å². The highest BCUT2D eigenvalue weighted by Crippen LogP contribution is 2.18. The van der Waals surface area contributed by atoms with Crippen LogP contribution in [0.3, 0.4) is 0 Å². The lowest BCUT2D eigenvalue weighted by molar-refractivity contribution is -0.385. The summed E-state index contributed by atoms with van der Waals surface area (Å²) in [6.45, 7) is 3.06. The number of hydrogen-bond acceptors (Lipinski definition) is 5. The fourth-order valence-corrected chi connectivity index (χ4v) is 2.02. The molecular formula is C15H18N4O2. The first kappa shape index (κ1) is 14.9. The van der Waals surface area contributed by atoms with Crippen molar-refractivity contribution in [3.05, 3.63) is 63.3 Å². The largest absolute Gasteiger partial charge is 0.366 e. The Morgan fingerprint density at radius 3 is 2.52 bits per heavy atom.